The summed E-state index contributed by atoms with van der Waals surface area (Å²) in [5.74, 6) is -13.4. The maximum Gasteiger partial charge on any atom is 0.290 e. The first-order chi connectivity index (χ1) is 22.9. The monoisotopic (exact) mass is 699 g/mol. The molecular weight excluding hydrogens is 673 g/mol. The Morgan fingerprint density at radius 3 is 2.24 bits per heavy atom. The van der Waals surface area contributed by atoms with Gasteiger partial charge in [0.15, 0.2) is 0 Å². The largest absolute Gasteiger partial charge is 0.366 e. The van der Waals surface area contributed by atoms with E-state index in [1.54, 1.807) is 14.1 Å². The number of nitrogens with zero attached hydrogens (tertiary/aromatic N) is 5. The Hall–Kier alpha value is -5.16. The molecule has 3 N–H and O–H groups in total. The Bertz CT molecular complexity index is 1910. The molecule has 1 atom stereocenters. The van der Waals surface area contributed by atoms with Crippen LogP contribution in [0.2, 0.25) is 0 Å². The molecule has 9 nitrogen and oxygen atoms in total. The van der Waals surface area contributed by atoms with Gasteiger partial charge in [-0.1, -0.05) is 6.07 Å². The lowest BCUT2D eigenvalue weighted by atomic mass is 9.89. The molecule has 2 amide bonds. The summed E-state index contributed by atoms with van der Waals surface area (Å²) in [7, 11) is 3.10. The second-order valence-electron chi connectivity index (χ2n) is 11.5. The van der Waals surface area contributed by atoms with E-state index < -0.39 is 102 Å². The molecule has 2 aromatic heterocycles. The predicted octanol–water partition coefficient (Wildman–Crippen LogP) is 5.94. The van der Waals surface area contributed by atoms with Gasteiger partial charge in [-0.05, 0) is 41.8 Å². The lowest BCUT2D eigenvalue weighted by molar-refractivity contribution is -0.123. The summed E-state index contributed by atoms with van der Waals surface area (Å²) in [6.07, 6.45) is -5.71. The standard InChI is InChI=1S/C31H26F9N7O2/c1-46(2)29-42-12-19(15-3-4-20(34)18(10-15)28(41)49)24(44-29)21(9-14-7-16(32)11-17(33)8-14)43-22(48)13-47-26-23(25(45-47)27(35)36)30(37,38)5-6-31(26,39)40/h3-4,7-8,10-12,21,27H,5-6,9,13H2,1-2H3,(H2,41,49)(H,43,48)/t21-/m0/s1. The van der Waals surface area contributed by atoms with E-state index >= 15 is 0 Å². The van der Waals surface area contributed by atoms with Crippen LogP contribution in [0.1, 0.15) is 63.9 Å². The summed E-state index contributed by atoms with van der Waals surface area (Å²) in [6, 6.07) is 4.24. The van der Waals surface area contributed by atoms with Crippen molar-refractivity contribution in [1.82, 2.24) is 25.1 Å². The highest BCUT2D eigenvalue weighted by Crippen LogP contribution is 2.52. The van der Waals surface area contributed by atoms with E-state index in [2.05, 4.69) is 20.4 Å². The number of amides is 2. The summed E-state index contributed by atoms with van der Waals surface area (Å²) in [4.78, 5) is 35.5. The maximum absolute atomic E-state index is 15.0. The van der Waals surface area contributed by atoms with Gasteiger partial charge in [-0.2, -0.15) is 13.9 Å². The minimum atomic E-state index is -4.08. The average molecular weight is 700 g/mol. The number of anilines is 1. The third-order valence-electron chi connectivity index (χ3n) is 7.72. The highest BCUT2D eigenvalue weighted by atomic mass is 19.3. The maximum atomic E-state index is 15.0. The molecule has 260 valence electrons. The van der Waals surface area contributed by atoms with E-state index in [0.717, 1.165) is 24.3 Å². The Labute approximate surface area is 271 Å². The number of nitrogens with two attached hydrogens (primary N) is 1. The minimum absolute atomic E-state index is 0.0326. The normalized spacial score (nSPS) is 15.5. The molecule has 0 aliphatic heterocycles. The SMILES string of the molecule is CN(C)c1ncc(-c2ccc(F)c(C(N)=O)c2)c([C@H](Cc2cc(F)cc(F)c2)NC(=O)Cn2nc(C(F)F)c3c2C(F)(F)CCC3(F)F)n1. The van der Waals surface area contributed by atoms with Gasteiger partial charge in [-0.25, -0.2) is 40.7 Å². The van der Waals surface area contributed by atoms with Gasteiger partial charge < -0.3 is 16.0 Å². The quantitative estimate of drug-likeness (QED) is 0.198. The highest BCUT2D eigenvalue weighted by molar-refractivity contribution is 5.94. The van der Waals surface area contributed by atoms with Gasteiger partial charge in [0.2, 0.25) is 11.9 Å². The van der Waals surface area contributed by atoms with E-state index in [4.69, 9.17) is 5.73 Å². The summed E-state index contributed by atoms with van der Waals surface area (Å²) >= 11 is 0. The zero-order chi connectivity index (χ0) is 36.0. The van der Waals surface area contributed by atoms with Crippen molar-refractivity contribution in [2.45, 2.75) is 50.1 Å². The molecule has 18 heteroatoms. The van der Waals surface area contributed by atoms with Gasteiger partial charge in [0.25, 0.3) is 24.2 Å². The molecule has 1 aliphatic rings. The molecule has 0 saturated carbocycles. The topological polar surface area (TPSA) is 119 Å². The van der Waals surface area contributed by atoms with Crippen molar-refractivity contribution in [2.24, 2.45) is 5.73 Å². The van der Waals surface area contributed by atoms with Crippen molar-refractivity contribution in [2.75, 3.05) is 19.0 Å². The number of benzene rings is 2. The number of fused-ring (bicyclic) bond motifs is 1. The molecule has 0 radical (unpaired) electrons. The van der Waals surface area contributed by atoms with E-state index in [0.29, 0.717) is 6.07 Å². The number of carbonyl (C=O) groups is 2. The molecule has 49 heavy (non-hydrogen) atoms. The number of halogens is 9. The van der Waals surface area contributed by atoms with Crippen LogP contribution in [0.25, 0.3) is 11.1 Å². The first-order valence-corrected chi connectivity index (χ1v) is 14.4. The number of hydrogen-bond acceptors (Lipinski definition) is 6. The lowest BCUT2D eigenvalue weighted by Gasteiger charge is -2.29. The van der Waals surface area contributed by atoms with Crippen LogP contribution in [0.5, 0.6) is 0 Å². The lowest BCUT2D eigenvalue weighted by Crippen LogP contribution is -2.37. The Morgan fingerprint density at radius 2 is 1.63 bits per heavy atom. The van der Waals surface area contributed by atoms with Crippen LogP contribution in [0.3, 0.4) is 0 Å². The number of carbonyl (C=O) groups excluding carboxylic acids is 2. The van der Waals surface area contributed by atoms with Crippen LogP contribution >= 0.6 is 0 Å². The molecule has 0 bridgehead atoms. The van der Waals surface area contributed by atoms with E-state index in [1.807, 2.05) is 0 Å². The molecule has 4 aromatic rings. The van der Waals surface area contributed by atoms with Crippen molar-refractivity contribution in [3.63, 3.8) is 0 Å². The molecular formula is C31H26F9N7O2. The second kappa shape index (κ2) is 13.0. The molecule has 1 aliphatic carbocycles. The molecule has 0 saturated heterocycles. The van der Waals surface area contributed by atoms with Gasteiger partial charge >= 0.3 is 0 Å². The molecule has 5 rings (SSSR count). The number of alkyl halides is 6. The summed E-state index contributed by atoms with van der Waals surface area (Å²) < 4.78 is 130. The number of hydrogen-bond donors (Lipinski definition) is 2. The van der Waals surface area contributed by atoms with Crippen LogP contribution in [0.15, 0.2) is 42.6 Å². The highest BCUT2D eigenvalue weighted by Gasteiger charge is 2.55. The summed E-state index contributed by atoms with van der Waals surface area (Å²) in [5, 5.41) is 5.73. The van der Waals surface area contributed by atoms with Crippen molar-refractivity contribution in [1.29, 1.82) is 0 Å². The first-order valence-electron chi connectivity index (χ1n) is 14.4. The number of rotatable bonds is 10. The van der Waals surface area contributed by atoms with Gasteiger partial charge in [-0.15, -0.1) is 0 Å². The third-order valence-corrected chi connectivity index (χ3v) is 7.72. The first kappa shape index (κ1) is 35.2. The molecule has 0 unspecified atom stereocenters. The van der Waals surface area contributed by atoms with Crippen molar-refractivity contribution < 1.29 is 49.1 Å². The molecule has 2 heterocycles. The molecule has 2 aromatic carbocycles. The molecule has 0 fully saturated rings. The van der Waals surface area contributed by atoms with Gasteiger partial charge in [0.05, 0.1) is 22.9 Å². The molecule has 0 spiro atoms. The van der Waals surface area contributed by atoms with Crippen LogP contribution in [-0.2, 0) is 29.6 Å². The Morgan fingerprint density at radius 1 is 0.980 bits per heavy atom. The fourth-order valence-corrected chi connectivity index (χ4v) is 5.56. The van der Waals surface area contributed by atoms with Crippen LogP contribution in [-0.4, -0.2) is 45.7 Å². The number of primary amides is 1. The number of aromatic nitrogens is 4. The fraction of sp³-hybridized carbons (Fsp3) is 0.323. The van der Waals surface area contributed by atoms with Gasteiger partial charge in [-0.3, -0.25) is 14.3 Å². The fourth-order valence-electron chi connectivity index (χ4n) is 5.56. The van der Waals surface area contributed by atoms with Crippen LogP contribution in [0, 0.1) is 17.5 Å². The zero-order valence-corrected chi connectivity index (χ0v) is 25.6. The van der Waals surface area contributed by atoms with Crippen LogP contribution < -0.4 is 16.0 Å². The average Bonchev–Trinajstić information content (AvgIpc) is 3.40. The second-order valence-corrected chi connectivity index (χ2v) is 11.5. The third kappa shape index (κ3) is 7.17. The van der Waals surface area contributed by atoms with Crippen molar-refractivity contribution in [3.05, 3.63) is 93.8 Å². The van der Waals surface area contributed by atoms with E-state index in [1.165, 1.54) is 17.2 Å². The van der Waals surface area contributed by atoms with Crippen molar-refractivity contribution >= 4 is 17.8 Å². The summed E-state index contributed by atoms with van der Waals surface area (Å²) in [5.41, 5.74) is -0.00828. The number of nitrogens with one attached hydrogen (secondary N) is 1. The summed E-state index contributed by atoms with van der Waals surface area (Å²) in [6.45, 7) is -1.25. The van der Waals surface area contributed by atoms with E-state index in [9.17, 15) is 49.1 Å². The van der Waals surface area contributed by atoms with Gasteiger partial charge in [0, 0.05) is 44.8 Å². The van der Waals surface area contributed by atoms with E-state index in [-0.39, 0.29) is 33.0 Å². The van der Waals surface area contributed by atoms with Crippen LogP contribution in [0.4, 0.5) is 45.5 Å². The van der Waals surface area contributed by atoms with Crippen molar-refractivity contribution in [3.8, 4) is 11.1 Å². The Kier molecular flexibility index (Phi) is 9.35. The zero-order valence-electron chi connectivity index (χ0n) is 25.6. The smallest absolute Gasteiger partial charge is 0.290 e. The Balaban J connectivity index is 1.63. The van der Waals surface area contributed by atoms with Gasteiger partial charge in [0.1, 0.15) is 35.4 Å². The predicted molar refractivity (Wildman–Crippen MR) is 155 cm³/mol. The minimum Gasteiger partial charge on any atom is -0.366 e.